The van der Waals surface area contributed by atoms with Crippen molar-refractivity contribution < 1.29 is 0 Å². The van der Waals surface area contributed by atoms with Crippen LogP contribution in [-0.2, 0) is 6.54 Å². The van der Waals surface area contributed by atoms with Crippen LogP contribution < -0.4 is 11.2 Å². The van der Waals surface area contributed by atoms with Crippen molar-refractivity contribution in [3.63, 3.8) is 0 Å². The molecule has 2 aromatic heterocycles. The standard InChI is InChI=1S/C20H15BClN3/c21-14-9-8-13-10-19(16-5-1-2-6-17(16)22)25(18(13)11-14)12-15-4-3-7-20(23)24-15/h1-11H,12H2,(H2,23,24). The minimum Gasteiger partial charge on any atom is -0.384 e. The quantitative estimate of drug-likeness (QED) is 0.575. The minimum absolute atomic E-state index is 0.507. The van der Waals surface area contributed by atoms with Gasteiger partial charge in [-0.3, -0.25) is 0 Å². The van der Waals surface area contributed by atoms with Crippen molar-refractivity contribution in [1.29, 1.82) is 0 Å². The maximum absolute atomic E-state index is 6.44. The zero-order valence-corrected chi connectivity index (χ0v) is 14.2. The van der Waals surface area contributed by atoms with E-state index in [0.29, 0.717) is 17.4 Å². The number of fused-ring (bicyclic) bond motifs is 1. The predicted octanol–water partition coefficient (Wildman–Crippen LogP) is 3.78. The first-order valence-corrected chi connectivity index (χ1v) is 8.35. The average molecular weight is 344 g/mol. The lowest BCUT2D eigenvalue weighted by molar-refractivity contribution is 0.817. The van der Waals surface area contributed by atoms with Gasteiger partial charge in [0.25, 0.3) is 0 Å². The number of aromatic nitrogens is 2. The lowest BCUT2D eigenvalue weighted by Gasteiger charge is -2.12. The van der Waals surface area contributed by atoms with Gasteiger partial charge in [-0.05, 0) is 30.3 Å². The van der Waals surface area contributed by atoms with Crippen molar-refractivity contribution in [2.45, 2.75) is 6.54 Å². The van der Waals surface area contributed by atoms with Crippen LogP contribution in [-0.4, -0.2) is 17.4 Å². The molecule has 0 amide bonds. The molecule has 25 heavy (non-hydrogen) atoms. The Morgan fingerprint density at radius 1 is 1.00 bits per heavy atom. The highest BCUT2D eigenvalue weighted by Crippen LogP contribution is 2.33. The third-order valence-electron chi connectivity index (χ3n) is 4.23. The fraction of sp³-hybridized carbons (Fsp3) is 0.0500. The molecule has 0 fully saturated rings. The number of hydrogen-bond donors (Lipinski definition) is 1. The number of rotatable bonds is 3. The molecule has 5 heteroatoms. The van der Waals surface area contributed by atoms with Gasteiger partial charge in [0.15, 0.2) is 0 Å². The van der Waals surface area contributed by atoms with E-state index in [2.05, 4.69) is 15.6 Å². The maximum Gasteiger partial charge on any atom is 0.123 e. The molecule has 0 aliphatic carbocycles. The van der Waals surface area contributed by atoms with Gasteiger partial charge in [-0.2, -0.15) is 0 Å². The summed E-state index contributed by atoms with van der Waals surface area (Å²) in [4.78, 5) is 4.43. The van der Waals surface area contributed by atoms with Crippen LogP contribution in [0.5, 0.6) is 0 Å². The normalized spacial score (nSPS) is 11.1. The molecule has 120 valence electrons. The molecule has 0 aliphatic heterocycles. The Hall–Kier alpha value is -2.72. The van der Waals surface area contributed by atoms with Gasteiger partial charge >= 0.3 is 0 Å². The van der Waals surface area contributed by atoms with E-state index in [9.17, 15) is 0 Å². The average Bonchev–Trinajstić information content (AvgIpc) is 2.93. The lowest BCUT2D eigenvalue weighted by Crippen LogP contribution is -2.07. The van der Waals surface area contributed by atoms with Crippen molar-refractivity contribution in [1.82, 2.24) is 9.55 Å². The molecule has 0 saturated heterocycles. The van der Waals surface area contributed by atoms with Crippen LogP contribution in [0.2, 0.25) is 5.02 Å². The smallest absolute Gasteiger partial charge is 0.123 e. The van der Waals surface area contributed by atoms with Crippen LogP contribution in [0.25, 0.3) is 22.2 Å². The molecular formula is C20H15BClN3. The molecule has 4 aromatic rings. The molecule has 2 radical (unpaired) electrons. The summed E-state index contributed by atoms with van der Waals surface area (Å²) >= 11 is 6.44. The molecular weight excluding hydrogens is 329 g/mol. The highest BCUT2D eigenvalue weighted by molar-refractivity contribution is 6.34. The van der Waals surface area contributed by atoms with Crippen LogP contribution in [0.4, 0.5) is 5.82 Å². The van der Waals surface area contributed by atoms with Gasteiger partial charge in [-0.25, -0.2) is 4.98 Å². The Balaban J connectivity index is 1.95. The zero-order valence-electron chi connectivity index (χ0n) is 13.5. The number of anilines is 1. The molecule has 0 unspecified atom stereocenters. The van der Waals surface area contributed by atoms with E-state index in [1.54, 1.807) is 6.07 Å². The number of nitrogens with two attached hydrogens (primary N) is 1. The Morgan fingerprint density at radius 3 is 2.64 bits per heavy atom. The second-order valence-corrected chi connectivity index (χ2v) is 6.37. The molecule has 2 heterocycles. The number of halogens is 1. The lowest BCUT2D eigenvalue weighted by atomic mass is 9.95. The van der Waals surface area contributed by atoms with Gasteiger partial charge in [0.2, 0.25) is 0 Å². The van der Waals surface area contributed by atoms with E-state index < -0.39 is 0 Å². The first kappa shape index (κ1) is 15.8. The van der Waals surface area contributed by atoms with Gasteiger partial charge in [0.1, 0.15) is 13.7 Å². The van der Waals surface area contributed by atoms with E-state index in [0.717, 1.165) is 33.3 Å². The van der Waals surface area contributed by atoms with E-state index in [1.165, 1.54) is 0 Å². The van der Waals surface area contributed by atoms with Crippen LogP contribution in [0.3, 0.4) is 0 Å². The van der Waals surface area contributed by atoms with Gasteiger partial charge < -0.3 is 10.3 Å². The highest BCUT2D eigenvalue weighted by Gasteiger charge is 2.14. The van der Waals surface area contributed by atoms with Crippen LogP contribution in [0.1, 0.15) is 5.69 Å². The Morgan fingerprint density at radius 2 is 1.84 bits per heavy atom. The highest BCUT2D eigenvalue weighted by atomic mass is 35.5. The summed E-state index contributed by atoms with van der Waals surface area (Å²) < 4.78 is 2.18. The zero-order chi connectivity index (χ0) is 17.4. The van der Waals surface area contributed by atoms with Crippen LogP contribution in [0, 0.1) is 0 Å². The second-order valence-electron chi connectivity index (χ2n) is 5.97. The van der Waals surface area contributed by atoms with Crippen molar-refractivity contribution in [3.05, 3.63) is 77.4 Å². The summed E-state index contributed by atoms with van der Waals surface area (Å²) in [6.45, 7) is 0.582. The van der Waals surface area contributed by atoms with E-state index in [1.807, 2.05) is 54.6 Å². The summed E-state index contributed by atoms with van der Waals surface area (Å²) in [5, 5.41) is 1.81. The summed E-state index contributed by atoms with van der Waals surface area (Å²) in [7, 11) is 6.01. The molecule has 3 nitrogen and oxygen atoms in total. The SMILES string of the molecule is [B]c1ccc2cc(-c3ccccc3Cl)n(Cc3cccc(N)n3)c2c1. The molecule has 2 N–H and O–H groups in total. The predicted molar refractivity (Wildman–Crippen MR) is 106 cm³/mol. The summed E-state index contributed by atoms with van der Waals surface area (Å²) in [5.74, 6) is 0.507. The maximum atomic E-state index is 6.44. The van der Waals surface area contributed by atoms with Crippen LogP contribution in [0.15, 0.2) is 66.7 Å². The number of benzene rings is 2. The molecule has 0 saturated carbocycles. The van der Waals surface area contributed by atoms with Crippen molar-refractivity contribution in [2.75, 3.05) is 5.73 Å². The molecule has 2 aromatic carbocycles. The van der Waals surface area contributed by atoms with Gasteiger partial charge in [0, 0.05) is 21.5 Å². The monoisotopic (exact) mass is 343 g/mol. The fourth-order valence-electron chi connectivity index (χ4n) is 3.08. The van der Waals surface area contributed by atoms with Crippen LogP contribution >= 0.6 is 11.6 Å². The summed E-state index contributed by atoms with van der Waals surface area (Å²) in [6.07, 6.45) is 0. The number of pyridine rings is 1. The number of nitrogen functional groups attached to an aromatic ring is 1. The molecule has 0 aliphatic rings. The summed E-state index contributed by atoms with van der Waals surface area (Å²) in [5.41, 5.74) is 10.5. The molecule has 0 atom stereocenters. The third-order valence-corrected chi connectivity index (χ3v) is 4.56. The molecule has 4 rings (SSSR count). The molecule has 0 bridgehead atoms. The van der Waals surface area contributed by atoms with E-state index >= 15 is 0 Å². The number of hydrogen-bond acceptors (Lipinski definition) is 2. The largest absolute Gasteiger partial charge is 0.384 e. The Kier molecular flexibility index (Phi) is 3.98. The van der Waals surface area contributed by atoms with E-state index in [4.69, 9.17) is 25.2 Å². The number of nitrogens with zero attached hydrogens (tertiary/aromatic N) is 2. The van der Waals surface area contributed by atoms with Gasteiger partial charge in [0.05, 0.1) is 17.9 Å². The fourth-order valence-corrected chi connectivity index (χ4v) is 3.31. The second kappa shape index (κ2) is 6.30. The van der Waals surface area contributed by atoms with Crippen molar-refractivity contribution in [2.24, 2.45) is 0 Å². The molecule has 0 spiro atoms. The first-order valence-electron chi connectivity index (χ1n) is 7.97. The minimum atomic E-state index is 0.507. The van der Waals surface area contributed by atoms with Crippen molar-refractivity contribution >= 4 is 41.6 Å². The first-order chi connectivity index (χ1) is 12.1. The third kappa shape index (κ3) is 3.01. The topological polar surface area (TPSA) is 43.8 Å². The van der Waals surface area contributed by atoms with Gasteiger partial charge in [-0.1, -0.05) is 53.5 Å². The van der Waals surface area contributed by atoms with Crippen molar-refractivity contribution in [3.8, 4) is 11.3 Å². The van der Waals surface area contributed by atoms with E-state index in [-0.39, 0.29) is 0 Å². The Labute approximate surface area is 152 Å². The summed E-state index contributed by atoms with van der Waals surface area (Å²) in [6, 6.07) is 21.5. The Bertz CT molecular complexity index is 1070. The van der Waals surface area contributed by atoms with Gasteiger partial charge in [-0.15, -0.1) is 0 Å².